The molecular weight excluding hydrogens is 272 g/mol. The van der Waals surface area contributed by atoms with E-state index in [-0.39, 0.29) is 0 Å². The van der Waals surface area contributed by atoms with Crippen LogP contribution in [0.25, 0.3) is 11.5 Å². The number of halogens is 1. The van der Waals surface area contributed by atoms with Gasteiger partial charge in [0.2, 0.25) is 5.95 Å². The fourth-order valence-corrected chi connectivity index (χ4v) is 2.10. The first kappa shape index (κ1) is 14.2. The number of H-pyrrole nitrogens is 1. The lowest BCUT2D eigenvalue weighted by molar-refractivity contribution is 0.00578. The van der Waals surface area contributed by atoms with E-state index in [1.165, 1.54) is 6.07 Å². The summed E-state index contributed by atoms with van der Waals surface area (Å²) in [6.45, 7) is 7.94. The number of nitrogens with one attached hydrogen (secondary N) is 1. The average molecular weight is 289 g/mol. The molecule has 0 radical (unpaired) electrons. The minimum absolute atomic E-state index is 0.417. The lowest BCUT2D eigenvalue weighted by Crippen LogP contribution is -2.41. The zero-order valence-corrected chi connectivity index (χ0v) is 12.5. The van der Waals surface area contributed by atoms with Crippen molar-refractivity contribution in [3.05, 3.63) is 30.3 Å². The number of nitrogens with zero attached hydrogens (tertiary/aromatic N) is 2. The van der Waals surface area contributed by atoms with Crippen LogP contribution in [0.3, 0.4) is 0 Å². The Kier molecular flexibility index (Phi) is 3.14. The molecule has 1 N–H and O–H groups in total. The minimum Gasteiger partial charge on any atom is -0.398 e. The van der Waals surface area contributed by atoms with Gasteiger partial charge in [-0.05, 0) is 39.8 Å². The number of aromatic amines is 1. The molecule has 3 heterocycles. The lowest BCUT2D eigenvalue weighted by atomic mass is 9.86. The van der Waals surface area contributed by atoms with Crippen molar-refractivity contribution >= 4 is 12.7 Å². The van der Waals surface area contributed by atoms with Gasteiger partial charge in [0, 0.05) is 6.20 Å². The Morgan fingerprint density at radius 2 is 1.81 bits per heavy atom. The van der Waals surface area contributed by atoms with E-state index in [2.05, 4.69) is 15.0 Å². The van der Waals surface area contributed by atoms with Gasteiger partial charge in [-0.1, -0.05) is 6.07 Å². The quantitative estimate of drug-likeness (QED) is 0.677. The van der Waals surface area contributed by atoms with E-state index in [1.54, 1.807) is 18.3 Å². The van der Waals surface area contributed by atoms with Gasteiger partial charge < -0.3 is 14.3 Å². The van der Waals surface area contributed by atoms with E-state index in [1.807, 2.05) is 27.7 Å². The highest BCUT2D eigenvalue weighted by atomic mass is 19.1. The molecule has 0 spiro atoms. The number of hydrogen-bond donors (Lipinski definition) is 1. The Morgan fingerprint density at radius 1 is 1.14 bits per heavy atom. The second kappa shape index (κ2) is 4.64. The van der Waals surface area contributed by atoms with Crippen molar-refractivity contribution in [2.75, 3.05) is 0 Å². The summed E-state index contributed by atoms with van der Waals surface area (Å²) in [4.78, 5) is 11.1. The summed E-state index contributed by atoms with van der Waals surface area (Å²) in [5, 5.41) is 0. The predicted molar refractivity (Wildman–Crippen MR) is 77.5 cm³/mol. The molecule has 0 amide bonds. The van der Waals surface area contributed by atoms with Crippen LogP contribution in [0.5, 0.6) is 0 Å². The van der Waals surface area contributed by atoms with E-state index < -0.39 is 24.3 Å². The fourth-order valence-electron chi connectivity index (χ4n) is 2.10. The maximum Gasteiger partial charge on any atom is 0.513 e. The van der Waals surface area contributed by atoms with Gasteiger partial charge in [0.15, 0.2) is 5.82 Å². The predicted octanol–water partition coefficient (Wildman–Crippen LogP) is 1.91. The van der Waals surface area contributed by atoms with Crippen LogP contribution in [-0.2, 0) is 9.31 Å². The third-order valence-electron chi connectivity index (χ3n) is 4.06. The molecule has 0 saturated carbocycles. The van der Waals surface area contributed by atoms with Gasteiger partial charge in [-0.2, -0.15) is 4.39 Å². The Morgan fingerprint density at radius 3 is 2.43 bits per heavy atom. The summed E-state index contributed by atoms with van der Waals surface area (Å²) >= 11 is 0. The van der Waals surface area contributed by atoms with E-state index in [0.717, 1.165) is 0 Å². The average Bonchev–Trinajstić information content (AvgIpc) is 2.93. The Hall–Kier alpha value is -1.73. The molecular formula is C14H17BFN3O2. The molecule has 1 saturated heterocycles. The molecule has 7 heteroatoms. The van der Waals surface area contributed by atoms with E-state index in [0.29, 0.717) is 17.1 Å². The van der Waals surface area contributed by atoms with E-state index in [4.69, 9.17) is 9.31 Å². The molecule has 21 heavy (non-hydrogen) atoms. The maximum absolute atomic E-state index is 13.2. The highest BCUT2D eigenvalue weighted by Gasteiger charge is 2.52. The standard InChI is InChI=1S/C14H17BFN3O2/c1-13(2)14(3,4)21-15(20-13)10-8-17-12(19-10)9-6-5-7-11(16)18-9/h5-8H,1-4H3,(H,17,19). The number of aromatic nitrogens is 3. The van der Waals surface area contributed by atoms with Gasteiger partial charge >= 0.3 is 7.12 Å². The van der Waals surface area contributed by atoms with Crippen LogP contribution >= 0.6 is 0 Å². The van der Waals surface area contributed by atoms with Crippen molar-refractivity contribution in [2.24, 2.45) is 0 Å². The first-order valence-electron chi connectivity index (χ1n) is 6.82. The normalized spacial score (nSPS) is 20.0. The van der Waals surface area contributed by atoms with Crippen LogP contribution in [0.2, 0.25) is 0 Å². The molecule has 1 fully saturated rings. The molecule has 0 bridgehead atoms. The minimum atomic E-state index is -0.541. The van der Waals surface area contributed by atoms with E-state index in [9.17, 15) is 4.39 Å². The number of rotatable bonds is 2. The van der Waals surface area contributed by atoms with Gasteiger partial charge in [-0.3, -0.25) is 0 Å². The molecule has 0 atom stereocenters. The monoisotopic (exact) mass is 289 g/mol. The van der Waals surface area contributed by atoms with Gasteiger partial charge in [-0.25, -0.2) is 9.97 Å². The smallest absolute Gasteiger partial charge is 0.398 e. The molecule has 0 unspecified atom stereocenters. The number of imidazole rings is 1. The van der Waals surface area contributed by atoms with Crippen LogP contribution in [0.15, 0.2) is 24.4 Å². The van der Waals surface area contributed by atoms with Gasteiger partial charge in [0.1, 0.15) is 5.69 Å². The summed E-state index contributed by atoms with van der Waals surface area (Å²) in [5.41, 5.74) is 0.299. The largest absolute Gasteiger partial charge is 0.513 e. The SMILES string of the molecule is CC1(C)OB(c2cnc(-c3cccc(F)n3)[nH]2)OC1(C)C. The molecule has 3 rings (SSSR count). The van der Waals surface area contributed by atoms with Crippen molar-refractivity contribution in [3.63, 3.8) is 0 Å². The molecule has 2 aromatic heterocycles. The van der Waals surface area contributed by atoms with Gasteiger partial charge in [0.05, 0.1) is 16.8 Å². The van der Waals surface area contributed by atoms with Crippen LogP contribution in [0.1, 0.15) is 27.7 Å². The maximum atomic E-state index is 13.2. The Bertz CT molecular complexity index is 656. The highest BCUT2D eigenvalue weighted by molar-refractivity contribution is 6.61. The molecule has 1 aliphatic heterocycles. The summed E-state index contributed by atoms with van der Waals surface area (Å²) in [5.74, 6) is -0.0553. The third kappa shape index (κ3) is 2.47. The van der Waals surface area contributed by atoms with Crippen LogP contribution in [0.4, 0.5) is 4.39 Å². The van der Waals surface area contributed by atoms with Crippen molar-refractivity contribution in [1.82, 2.24) is 15.0 Å². The first-order valence-corrected chi connectivity index (χ1v) is 6.82. The fraction of sp³-hybridized carbons (Fsp3) is 0.429. The Labute approximate surface area is 123 Å². The highest BCUT2D eigenvalue weighted by Crippen LogP contribution is 2.36. The molecule has 110 valence electrons. The van der Waals surface area contributed by atoms with Crippen LogP contribution < -0.4 is 5.59 Å². The molecule has 5 nitrogen and oxygen atoms in total. The second-order valence-corrected chi connectivity index (χ2v) is 6.12. The Balaban J connectivity index is 1.87. The zero-order valence-electron chi connectivity index (χ0n) is 12.5. The van der Waals surface area contributed by atoms with Crippen molar-refractivity contribution < 1.29 is 13.7 Å². The van der Waals surface area contributed by atoms with Gasteiger partial charge in [-0.15, -0.1) is 0 Å². The molecule has 0 aromatic carbocycles. The second-order valence-electron chi connectivity index (χ2n) is 6.12. The third-order valence-corrected chi connectivity index (χ3v) is 4.06. The molecule has 1 aliphatic rings. The van der Waals surface area contributed by atoms with Crippen LogP contribution in [0, 0.1) is 5.95 Å². The summed E-state index contributed by atoms with van der Waals surface area (Å²) in [6, 6.07) is 4.58. The lowest BCUT2D eigenvalue weighted by Gasteiger charge is -2.32. The molecule has 0 aliphatic carbocycles. The summed E-state index contributed by atoms with van der Waals surface area (Å²) < 4.78 is 25.0. The number of hydrogen-bond acceptors (Lipinski definition) is 4. The van der Waals surface area contributed by atoms with Gasteiger partial charge in [0.25, 0.3) is 0 Å². The topological polar surface area (TPSA) is 60.0 Å². The van der Waals surface area contributed by atoms with Crippen molar-refractivity contribution in [2.45, 2.75) is 38.9 Å². The van der Waals surface area contributed by atoms with Crippen LogP contribution in [-0.4, -0.2) is 33.3 Å². The molecule has 2 aromatic rings. The number of pyridine rings is 1. The zero-order chi connectivity index (χ0) is 15.3. The first-order chi connectivity index (χ1) is 9.78. The van der Waals surface area contributed by atoms with Crippen molar-refractivity contribution in [1.29, 1.82) is 0 Å². The van der Waals surface area contributed by atoms with E-state index >= 15 is 0 Å². The van der Waals surface area contributed by atoms with Crippen molar-refractivity contribution in [3.8, 4) is 11.5 Å². The summed E-state index contributed by atoms with van der Waals surface area (Å²) in [6.07, 6.45) is 1.63. The summed E-state index contributed by atoms with van der Waals surface area (Å²) in [7, 11) is -0.523.